The predicted molar refractivity (Wildman–Crippen MR) is 358 cm³/mol. The largest absolute Gasteiger partial charge is 0.401 e. The van der Waals surface area contributed by atoms with Gasteiger partial charge in [-0.05, 0) is 235 Å². The first kappa shape index (κ1) is 75.6. The van der Waals surface area contributed by atoms with E-state index in [0.717, 1.165) is 112 Å². The molecule has 7 aliphatic heterocycles. The summed E-state index contributed by atoms with van der Waals surface area (Å²) in [7, 11) is 0. The van der Waals surface area contributed by atoms with Crippen LogP contribution in [0.25, 0.3) is 0 Å². The molecule has 8 heterocycles. The molecule has 8 nitrogen and oxygen atoms in total. The fourth-order valence-electron chi connectivity index (χ4n) is 15.3. The molecule has 0 aromatic carbocycles. The van der Waals surface area contributed by atoms with Gasteiger partial charge in [-0.1, -0.05) is 131 Å². The maximum atomic E-state index is 12.2. The van der Waals surface area contributed by atoms with Crippen LogP contribution in [0.1, 0.15) is 240 Å². The van der Waals surface area contributed by atoms with Gasteiger partial charge in [-0.3, -0.25) is 19.6 Å². The zero-order valence-electron chi connectivity index (χ0n) is 59.3. The molecule has 0 amide bonds. The molecule has 1 aromatic rings. The molecule has 87 heavy (non-hydrogen) atoms. The fraction of sp³-hybridized carbons (Fsp3) is 0.919. The smallest absolute Gasteiger partial charge is 0.341 e. The first-order valence-electron chi connectivity index (χ1n) is 35.3. The summed E-state index contributed by atoms with van der Waals surface area (Å²) < 4.78 is 60.9. The lowest BCUT2D eigenvalue weighted by Gasteiger charge is -2.44. The third-order valence-corrected chi connectivity index (χ3v) is 21.9. The van der Waals surface area contributed by atoms with Gasteiger partial charge in [0.2, 0.25) is 5.95 Å². The Hall–Kier alpha value is -2.11. The minimum absolute atomic E-state index is 0.0448. The Kier molecular flexibility index (Phi) is 28.8. The van der Waals surface area contributed by atoms with Crippen molar-refractivity contribution >= 4 is 5.95 Å². The molecule has 0 N–H and O–H groups in total. The highest BCUT2D eigenvalue weighted by Gasteiger charge is 2.49. The summed E-state index contributed by atoms with van der Waals surface area (Å²) in [6, 6.07) is 4.79. The van der Waals surface area contributed by atoms with Crippen LogP contribution in [-0.4, -0.2) is 157 Å². The second-order valence-corrected chi connectivity index (χ2v) is 35.2. The van der Waals surface area contributed by atoms with Crippen LogP contribution in [0.2, 0.25) is 0 Å². The zero-order valence-corrected chi connectivity index (χ0v) is 59.3. The number of piperidine rings is 6. The van der Waals surface area contributed by atoms with E-state index in [0.29, 0.717) is 52.0 Å². The van der Waals surface area contributed by atoms with Gasteiger partial charge in [-0.2, -0.15) is 13.2 Å². The summed E-state index contributed by atoms with van der Waals surface area (Å²) in [6.45, 7) is 53.1. The number of fused-ring (bicyclic) bond motifs is 2. The molecule has 9 fully saturated rings. The molecule has 4 unspecified atom stereocenters. The Balaban J connectivity index is 0.000000191. The number of nitrogens with zero attached hydrogens (tertiary/aromatic N) is 8. The maximum absolute atomic E-state index is 12.2. The van der Waals surface area contributed by atoms with Crippen LogP contribution < -0.4 is 4.90 Å². The Morgan fingerprint density at radius 3 is 1.23 bits per heavy atom. The Bertz CT molecular complexity index is 2080. The number of hydrogen-bond acceptors (Lipinski definition) is 8. The van der Waals surface area contributed by atoms with Crippen molar-refractivity contribution in [2.45, 2.75) is 271 Å². The molecule has 2 bridgehead atoms. The van der Waals surface area contributed by atoms with Crippen molar-refractivity contribution in [3.63, 3.8) is 0 Å². The molecule has 0 radical (unpaired) electrons. The molecule has 10 rings (SSSR count). The molecule has 0 spiro atoms. The summed E-state index contributed by atoms with van der Waals surface area (Å²) in [4.78, 5) is 22.3. The average molecular weight is 1230 g/mol. The minimum atomic E-state index is -4.06. The topological polar surface area (TPSA) is 45.2 Å². The quantitative estimate of drug-likeness (QED) is 0.188. The lowest BCUT2D eigenvalue weighted by Crippen LogP contribution is -2.46. The third-order valence-electron chi connectivity index (χ3n) is 21.9. The number of rotatable bonds is 8. The molecule has 9 aliphatic rings. The van der Waals surface area contributed by atoms with Crippen molar-refractivity contribution in [3.8, 4) is 12.3 Å². The molecule has 1 aromatic heterocycles. The van der Waals surface area contributed by atoms with Gasteiger partial charge >= 0.3 is 6.18 Å². The molecule has 504 valence electrons. The Labute approximate surface area is 532 Å². The molecular weight excluding hydrogens is 1100 g/mol. The summed E-state index contributed by atoms with van der Waals surface area (Å²) in [5.74, 6) is 9.34. The van der Waals surface area contributed by atoms with Crippen LogP contribution in [0.15, 0.2) is 18.5 Å². The third kappa shape index (κ3) is 27.6. The highest BCUT2D eigenvalue weighted by Crippen LogP contribution is 2.49. The van der Waals surface area contributed by atoms with Gasteiger partial charge in [0, 0.05) is 63.2 Å². The highest BCUT2D eigenvalue weighted by molar-refractivity contribution is 5.29. The van der Waals surface area contributed by atoms with Crippen molar-refractivity contribution < 1.29 is 22.0 Å². The van der Waals surface area contributed by atoms with Crippen molar-refractivity contribution in [3.05, 3.63) is 18.5 Å². The fourth-order valence-corrected chi connectivity index (χ4v) is 15.3. The summed E-state index contributed by atoms with van der Waals surface area (Å²) in [5.41, 5.74) is 2.41. The van der Waals surface area contributed by atoms with Crippen molar-refractivity contribution in [2.24, 2.45) is 73.9 Å². The minimum Gasteiger partial charge on any atom is -0.341 e. The van der Waals surface area contributed by atoms with E-state index in [1.165, 1.54) is 123 Å². The van der Waals surface area contributed by atoms with Gasteiger partial charge in [0.1, 0.15) is 0 Å². The van der Waals surface area contributed by atoms with Gasteiger partial charge in [0.05, 0.1) is 19.6 Å². The normalized spacial score (nSPS) is 26.8. The van der Waals surface area contributed by atoms with E-state index in [2.05, 4.69) is 160 Å². The second kappa shape index (κ2) is 33.1. The number of terminal acetylenes is 1. The number of anilines is 1. The van der Waals surface area contributed by atoms with E-state index in [4.69, 9.17) is 6.42 Å². The molecular formula is C74H133F5N8. The van der Waals surface area contributed by atoms with Gasteiger partial charge < -0.3 is 9.80 Å². The number of aromatic nitrogens is 2. The highest BCUT2D eigenvalue weighted by atomic mass is 19.4. The van der Waals surface area contributed by atoms with Gasteiger partial charge in [-0.25, -0.2) is 18.7 Å². The summed E-state index contributed by atoms with van der Waals surface area (Å²) >= 11 is 0. The average Bonchev–Trinajstić information content (AvgIpc) is 1.74. The van der Waals surface area contributed by atoms with E-state index in [1.807, 2.05) is 23.4 Å². The van der Waals surface area contributed by atoms with E-state index in [-0.39, 0.29) is 12.0 Å². The Morgan fingerprint density at radius 2 is 0.851 bits per heavy atom. The van der Waals surface area contributed by atoms with Gasteiger partial charge in [0.25, 0.3) is 6.43 Å². The first-order chi connectivity index (χ1) is 40.3. The molecule has 7 saturated heterocycles. The van der Waals surface area contributed by atoms with Crippen LogP contribution in [0.5, 0.6) is 0 Å². The predicted octanol–water partition coefficient (Wildman–Crippen LogP) is 18.0. The van der Waals surface area contributed by atoms with Crippen LogP contribution >= 0.6 is 0 Å². The lowest BCUT2D eigenvalue weighted by atomic mass is 9.73. The zero-order chi connectivity index (χ0) is 64.8. The molecule has 2 aliphatic carbocycles. The van der Waals surface area contributed by atoms with E-state index < -0.39 is 19.1 Å². The number of hydrogen-bond donors (Lipinski definition) is 0. The van der Waals surface area contributed by atoms with E-state index in [9.17, 15) is 22.0 Å². The molecule has 4 atom stereocenters. The first-order valence-corrected chi connectivity index (χ1v) is 35.3. The second-order valence-electron chi connectivity index (χ2n) is 35.2. The maximum Gasteiger partial charge on any atom is 0.401 e. The van der Waals surface area contributed by atoms with Gasteiger partial charge in [0.15, 0.2) is 0 Å². The van der Waals surface area contributed by atoms with E-state index >= 15 is 0 Å². The molecule has 2 saturated carbocycles. The SMILES string of the molecule is C#CCN1CCC(C(C)(C)C)CC1.CC(C)(C)C1CC2CCC(C1)N2C1CC1.CC(C)(C)C1CCCN(CC(F)(F)F)C1.CC(C)(C)C1CCCN(CC2CC2)C1.CC(C)(C)C1CCN(CC(F)F)CC1.CC(C)(C)C1CCN(c2ncccn2)CC1. The monoisotopic (exact) mass is 1230 g/mol. The van der Waals surface area contributed by atoms with Crippen molar-refractivity contribution in [1.29, 1.82) is 0 Å². The number of alkyl halides is 5. The van der Waals surface area contributed by atoms with Crippen LogP contribution in [0.4, 0.5) is 27.9 Å². The van der Waals surface area contributed by atoms with Crippen LogP contribution in [0.3, 0.4) is 0 Å². The van der Waals surface area contributed by atoms with E-state index in [1.54, 1.807) is 4.90 Å². The lowest BCUT2D eigenvalue weighted by molar-refractivity contribution is -0.151. The van der Waals surface area contributed by atoms with Crippen molar-refractivity contribution in [2.75, 3.05) is 96.5 Å². The standard InChI is InChI=1S/C14H25N.C13H21N3.C13H25N.C12H21N.C11H20F3N.C11H21F2N/c1-14(2,3)10-8-12-6-7-13(9-10)15(12)11-4-5-11;1-13(2,3)11-5-9-16(10-6-11)12-14-7-4-8-15-12;1-13(2,3)12-5-4-8-14(10-12)9-11-6-7-11;1-5-8-13-9-6-11(7-10-13)12(2,3)4;1-10(2,3)9-5-4-6-15(7-9)8-11(12,13)14;1-11(2,3)9-4-6-14(7-5-9)8-10(12)13/h10-13H,4-9H2,1-3H3;4,7-8,11H,5-6,9-10H2,1-3H3;11-12H,4-10H2,1-3H3;1,11H,6-10H2,2-4H3;9H,4-8H2,1-3H3;9-10H,4-8H2,1-3H3. The number of halogens is 5. The van der Waals surface area contributed by atoms with Crippen LogP contribution in [0, 0.1) is 86.3 Å². The van der Waals surface area contributed by atoms with Gasteiger partial charge in [-0.15, -0.1) is 6.42 Å². The molecule has 13 heteroatoms. The summed E-state index contributed by atoms with van der Waals surface area (Å²) in [5, 5.41) is 0. The number of likely N-dealkylation sites (tertiary alicyclic amines) is 4. The summed E-state index contributed by atoms with van der Waals surface area (Å²) in [6.07, 6.45) is 26.7. The Morgan fingerprint density at radius 1 is 0.460 bits per heavy atom. The van der Waals surface area contributed by atoms with Crippen molar-refractivity contribution in [1.82, 2.24) is 34.5 Å². The van der Waals surface area contributed by atoms with Crippen LogP contribution in [-0.2, 0) is 0 Å².